The van der Waals surface area contributed by atoms with E-state index in [1.54, 1.807) is 7.11 Å². The van der Waals surface area contributed by atoms with Crippen molar-refractivity contribution in [2.45, 2.75) is 38.5 Å². The van der Waals surface area contributed by atoms with Gasteiger partial charge in [0.2, 0.25) is 0 Å². The zero-order chi connectivity index (χ0) is 11.8. The molecule has 0 aromatic heterocycles. The van der Waals surface area contributed by atoms with E-state index in [4.69, 9.17) is 4.74 Å². The predicted octanol–water partition coefficient (Wildman–Crippen LogP) is 2.45. The van der Waals surface area contributed by atoms with Crippen molar-refractivity contribution in [2.75, 3.05) is 13.7 Å². The van der Waals surface area contributed by atoms with Crippen molar-refractivity contribution in [3.8, 4) is 5.75 Å². The molecule has 2 heteroatoms. The Kier molecular flexibility index (Phi) is 2.94. The minimum absolute atomic E-state index is 0.141. The van der Waals surface area contributed by atoms with Gasteiger partial charge >= 0.3 is 0 Å². The minimum atomic E-state index is -0.233. The fraction of sp³-hybridized carbons (Fsp3) is 0.571. The van der Waals surface area contributed by atoms with Gasteiger partial charge in [-0.15, -0.1) is 0 Å². The molecule has 16 heavy (non-hydrogen) atoms. The predicted molar refractivity (Wildman–Crippen MR) is 65.1 cm³/mol. The second-order valence-corrected chi connectivity index (χ2v) is 5.18. The first-order chi connectivity index (χ1) is 7.60. The van der Waals surface area contributed by atoms with Gasteiger partial charge in [-0.1, -0.05) is 26.0 Å². The number of fused-ring (bicyclic) bond motifs is 1. The number of rotatable bonds is 3. The molecule has 1 N–H and O–H groups in total. The summed E-state index contributed by atoms with van der Waals surface area (Å²) >= 11 is 0. The van der Waals surface area contributed by atoms with Crippen molar-refractivity contribution in [3.05, 3.63) is 28.8 Å². The fourth-order valence-corrected chi connectivity index (χ4v) is 2.48. The van der Waals surface area contributed by atoms with Gasteiger partial charge in [-0.05, 0) is 30.4 Å². The molecule has 0 amide bonds. The number of hydrogen-bond acceptors (Lipinski definition) is 2. The summed E-state index contributed by atoms with van der Waals surface area (Å²) in [6.07, 6.45) is 3.48. The molecule has 1 aliphatic rings. The molecule has 0 saturated heterocycles. The third-order valence-corrected chi connectivity index (χ3v) is 3.56. The van der Waals surface area contributed by atoms with Crippen LogP contribution in [0.4, 0.5) is 0 Å². The molecule has 1 aromatic rings. The van der Waals surface area contributed by atoms with Gasteiger partial charge < -0.3 is 9.84 Å². The van der Waals surface area contributed by atoms with Crippen LogP contribution >= 0.6 is 0 Å². The molecule has 0 fully saturated rings. The van der Waals surface area contributed by atoms with E-state index in [0.29, 0.717) is 0 Å². The molecule has 1 aromatic carbocycles. The van der Waals surface area contributed by atoms with E-state index < -0.39 is 0 Å². The van der Waals surface area contributed by atoms with Gasteiger partial charge in [0.05, 0.1) is 13.7 Å². The van der Waals surface area contributed by atoms with Crippen LogP contribution in [0.25, 0.3) is 0 Å². The number of hydrogen-bond donors (Lipinski definition) is 1. The second-order valence-electron chi connectivity index (χ2n) is 5.18. The van der Waals surface area contributed by atoms with Crippen molar-refractivity contribution in [2.24, 2.45) is 0 Å². The van der Waals surface area contributed by atoms with Crippen LogP contribution in [-0.2, 0) is 18.3 Å². The molecular weight excluding hydrogens is 200 g/mol. The van der Waals surface area contributed by atoms with Crippen LogP contribution in [0.2, 0.25) is 0 Å². The summed E-state index contributed by atoms with van der Waals surface area (Å²) in [4.78, 5) is 0. The third kappa shape index (κ3) is 1.71. The monoisotopic (exact) mass is 220 g/mol. The largest absolute Gasteiger partial charge is 0.496 e. The molecule has 2 nitrogen and oxygen atoms in total. The van der Waals surface area contributed by atoms with Crippen LogP contribution in [0.3, 0.4) is 0 Å². The third-order valence-electron chi connectivity index (χ3n) is 3.56. The van der Waals surface area contributed by atoms with Gasteiger partial charge in [0.1, 0.15) is 5.75 Å². The van der Waals surface area contributed by atoms with Gasteiger partial charge in [0.25, 0.3) is 0 Å². The highest BCUT2D eigenvalue weighted by atomic mass is 16.5. The molecule has 0 spiro atoms. The number of methoxy groups -OCH3 is 1. The summed E-state index contributed by atoms with van der Waals surface area (Å²) in [5.74, 6) is 0.994. The lowest BCUT2D eigenvalue weighted by atomic mass is 9.83. The summed E-state index contributed by atoms with van der Waals surface area (Å²) in [6.45, 7) is 4.24. The normalized spacial score (nSPS) is 15.0. The Morgan fingerprint density at radius 2 is 2.06 bits per heavy atom. The maximum absolute atomic E-state index is 9.46. The average molecular weight is 220 g/mol. The van der Waals surface area contributed by atoms with Crippen LogP contribution in [0.15, 0.2) is 12.1 Å². The first kappa shape index (κ1) is 11.5. The number of aliphatic hydroxyl groups is 1. The lowest BCUT2D eigenvalue weighted by Gasteiger charge is -2.26. The highest BCUT2D eigenvalue weighted by Crippen LogP contribution is 2.39. The van der Waals surface area contributed by atoms with Crippen molar-refractivity contribution in [3.63, 3.8) is 0 Å². The molecule has 0 aliphatic heterocycles. The smallest absolute Gasteiger partial charge is 0.126 e. The number of aryl methyl sites for hydroxylation is 1. The molecule has 88 valence electrons. The lowest BCUT2D eigenvalue weighted by Crippen LogP contribution is -2.23. The Morgan fingerprint density at radius 1 is 1.31 bits per heavy atom. The molecule has 0 atom stereocenters. The summed E-state index contributed by atoms with van der Waals surface area (Å²) < 4.78 is 5.57. The molecule has 0 bridgehead atoms. The Morgan fingerprint density at radius 3 is 2.69 bits per heavy atom. The van der Waals surface area contributed by atoms with Gasteiger partial charge in [-0.25, -0.2) is 0 Å². The van der Waals surface area contributed by atoms with Gasteiger partial charge in [-0.3, -0.25) is 0 Å². The molecule has 1 aliphatic carbocycles. The molecule has 0 radical (unpaired) electrons. The highest BCUT2D eigenvalue weighted by Gasteiger charge is 2.27. The summed E-state index contributed by atoms with van der Waals surface area (Å²) in [7, 11) is 1.73. The average Bonchev–Trinajstić information content (AvgIpc) is 2.75. The van der Waals surface area contributed by atoms with Gasteiger partial charge in [0, 0.05) is 11.0 Å². The number of aliphatic hydroxyl groups excluding tert-OH is 1. The number of benzene rings is 1. The lowest BCUT2D eigenvalue weighted by molar-refractivity contribution is 0.214. The molecular formula is C14H20O2. The SMILES string of the molecule is COc1c(C(C)(C)CO)ccc2c1CCC2. The first-order valence-electron chi connectivity index (χ1n) is 5.90. The second kappa shape index (κ2) is 4.10. The number of ether oxygens (including phenoxy) is 1. The quantitative estimate of drug-likeness (QED) is 0.848. The van der Waals surface area contributed by atoms with E-state index in [9.17, 15) is 5.11 Å². The Balaban J connectivity index is 2.55. The summed E-state index contributed by atoms with van der Waals surface area (Å²) in [5, 5.41) is 9.46. The maximum atomic E-state index is 9.46. The maximum Gasteiger partial charge on any atom is 0.126 e. The molecule has 2 rings (SSSR count). The van der Waals surface area contributed by atoms with Crippen molar-refractivity contribution in [1.82, 2.24) is 0 Å². The van der Waals surface area contributed by atoms with Crippen LogP contribution in [0.1, 0.15) is 37.0 Å². The topological polar surface area (TPSA) is 29.5 Å². The van der Waals surface area contributed by atoms with Crippen LogP contribution in [-0.4, -0.2) is 18.8 Å². The van der Waals surface area contributed by atoms with E-state index in [2.05, 4.69) is 12.1 Å². The highest BCUT2D eigenvalue weighted by molar-refractivity contribution is 5.51. The molecule has 0 unspecified atom stereocenters. The Bertz CT molecular complexity index is 394. The van der Waals surface area contributed by atoms with Crippen molar-refractivity contribution in [1.29, 1.82) is 0 Å². The van der Waals surface area contributed by atoms with Crippen molar-refractivity contribution < 1.29 is 9.84 Å². The zero-order valence-electron chi connectivity index (χ0n) is 10.3. The minimum Gasteiger partial charge on any atom is -0.496 e. The van der Waals surface area contributed by atoms with E-state index in [1.165, 1.54) is 17.5 Å². The molecule has 0 saturated carbocycles. The molecule has 0 heterocycles. The van der Waals surface area contributed by atoms with Crippen LogP contribution < -0.4 is 4.74 Å². The first-order valence-corrected chi connectivity index (χ1v) is 5.90. The Hall–Kier alpha value is -1.02. The van der Waals surface area contributed by atoms with E-state index in [1.807, 2.05) is 13.8 Å². The summed E-state index contributed by atoms with van der Waals surface area (Å²) in [5.41, 5.74) is 3.65. The van der Waals surface area contributed by atoms with E-state index in [-0.39, 0.29) is 12.0 Å². The van der Waals surface area contributed by atoms with Crippen LogP contribution in [0.5, 0.6) is 5.75 Å². The van der Waals surface area contributed by atoms with E-state index >= 15 is 0 Å². The van der Waals surface area contributed by atoms with E-state index in [0.717, 1.165) is 24.2 Å². The standard InChI is InChI=1S/C14H20O2/c1-14(2,9-15)12-8-7-10-5-4-6-11(10)13(12)16-3/h7-8,15H,4-6,9H2,1-3H3. The van der Waals surface area contributed by atoms with Crippen molar-refractivity contribution >= 4 is 0 Å². The van der Waals surface area contributed by atoms with Gasteiger partial charge in [0.15, 0.2) is 0 Å². The zero-order valence-corrected chi connectivity index (χ0v) is 10.3. The fourth-order valence-electron chi connectivity index (χ4n) is 2.48. The van der Waals surface area contributed by atoms with Gasteiger partial charge in [-0.2, -0.15) is 0 Å². The Labute approximate surface area is 97.3 Å². The van der Waals surface area contributed by atoms with Crippen LogP contribution in [0, 0.1) is 0 Å². The summed E-state index contributed by atoms with van der Waals surface area (Å²) in [6, 6.07) is 4.30.